The fourth-order valence-corrected chi connectivity index (χ4v) is 2.46. The molecular formula is C15H16FNO3. The number of nitrogens with zero attached hydrogens (tertiary/aromatic N) is 1. The summed E-state index contributed by atoms with van der Waals surface area (Å²) in [5, 5.41) is 17.7. The van der Waals surface area contributed by atoms with Gasteiger partial charge in [-0.25, -0.2) is 4.39 Å². The number of hydrogen-bond acceptors (Lipinski definition) is 3. The van der Waals surface area contributed by atoms with Crippen molar-refractivity contribution < 1.29 is 19.0 Å². The third kappa shape index (κ3) is 3.34. The first-order chi connectivity index (χ1) is 9.61. The van der Waals surface area contributed by atoms with Crippen LogP contribution in [0.2, 0.25) is 0 Å². The Morgan fingerprint density at radius 2 is 2.10 bits per heavy atom. The zero-order valence-electron chi connectivity index (χ0n) is 11.0. The standard InChI is InChI=1S/C15H16FNO3/c16-14-11(8-17)2-1-3-12(14)9-20-13-6-4-10(5-7-13)15(18)19/h1-3,10,13H,4-7,9H2,(H,18,19). The molecule has 1 aliphatic carbocycles. The van der Waals surface area contributed by atoms with E-state index in [1.54, 1.807) is 18.2 Å². The van der Waals surface area contributed by atoms with Gasteiger partial charge in [-0.15, -0.1) is 0 Å². The molecule has 0 atom stereocenters. The highest BCUT2D eigenvalue weighted by atomic mass is 19.1. The zero-order chi connectivity index (χ0) is 14.5. The molecule has 0 bridgehead atoms. The minimum atomic E-state index is -0.754. The van der Waals surface area contributed by atoms with Crippen LogP contribution >= 0.6 is 0 Å². The van der Waals surface area contributed by atoms with Crippen molar-refractivity contribution in [3.8, 4) is 6.07 Å². The Bertz CT molecular complexity index is 530. The van der Waals surface area contributed by atoms with E-state index >= 15 is 0 Å². The van der Waals surface area contributed by atoms with Gasteiger partial charge in [0.2, 0.25) is 0 Å². The highest BCUT2D eigenvalue weighted by Gasteiger charge is 2.26. The van der Waals surface area contributed by atoms with Crippen LogP contribution in [0.15, 0.2) is 18.2 Å². The van der Waals surface area contributed by atoms with Gasteiger partial charge in [0.1, 0.15) is 11.9 Å². The Hall–Kier alpha value is -1.93. The molecule has 20 heavy (non-hydrogen) atoms. The van der Waals surface area contributed by atoms with Crippen LogP contribution in [0.3, 0.4) is 0 Å². The number of carboxylic acids is 1. The number of carbonyl (C=O) groups is 1. The van der Waals surface area contributed by atoms with E-state index in [9.17, 15) is 9.18 Å². The molecule has 2 rings (SSSR count). The summed E-state index contributed by atoms with van der Waals surface area (Å²) in [7, 11) is 0. The average Bonchev–Trinajstić information content (AvgIpc) is 2.46. The summed E-state index contributed by atoms with van der Waals surface area (Å²) in [5.74, 6) is -1.57. The number of carboxylic acid groups (broad SMARTS) is 1. The Kier molecular flexibility index (Phi) is 4.70. The van der Waals surface area contributed by atoms with E-state index in [1.807, 2.05) is 0 Å². The van der Waals surface area contributed by atoms with E-state index in [4.69, 9.17) is 15.1 Å². The van der Waals surface area contributed by atoms with Gasteiger partial charge in [0.05, 0.1) is 24.2 Å². The Morgan fingerprint density at radius 1 is 1.40 bits per heavy atom. The lowest BCUT2D eigenvalue weighted by Crippen LogP contribution is -2.26. The van der Waals surface area contributed by atoms with Crippen molar-refractivity contribution in [3.63, 3.8) is 0 Å². The minimum absolute atomic E-state index is 0.0145. The largest absolute Gasteiger partial charge is 0.481 e. The highest BCUT2D eigenvalue weighted by Crippen LogP contribution is 2.27. The Morgan fingerprint density at radius 3 is 2.70 bits per heavy atom. The van der Waals surface area contributed by atoms with Crippen molar-refractivity contribution in [1.29, 1.82) is 5.26 Å². The first-order valence-electron chi connectivity index (χ1n) is 6.63. The summed E-state index contributed by atoms with van der Waals surface area (Å²) in [6.45, 7) is 0.115. The number of hydrogen-bond donors (Lipinski definition) is 1. The van der Waals surface area contributed by atoms with E-state index in [0.29, 0.717) is 31.2 Å². The van der Waals surface area contributed by atoms with E-state index in [-0.39, 0.29) is 24.2 Å². The molecule has 0 aromatic heterocycles. The maximum atomic E-state index is 13.8. The second-order valence-corrected chi connectivity index (χ2v) is 5.01. The van der Waals surface area contributed by atoms with Crippen molar-refractivity contribution in [1.82, 2.24) is 0 Å². The molecular weight excluding hydrogens is 261 g/mol. The molecule has 1 saturated carbocycles. The van der Waals surface area contributed by atoms with Crippen LogP contribution < -0.4 is 0 Å². The zero-order valence-corrected chi connectivity index (χ0v) is 11.0. The van der Waals surface area contributed by atoms with Gasteiger partial charge in [-0.3, -0.25) is 4.79 Å². The molecule has 0 saturated heterocycles. The fraction of sp³-hybridized carbons (Fsp3) is 0.467. The Balaban J connectivity index is 1.88. The summed E-state index contributed by atoms with van der Waals surface area (Å²) >= 11 is 0. The summed E-state index contributed by atoms with van der Waals surface area (Å²) in [6.07, 6.45) is 2.52. The Labute approximate surface area is 116 Å². The first-order valence-corrected chi connectivity index (χ1v) is 6.63. The number of aliphatic carboxylic acids is 1. The molecule has 0 amide bonds. The van der Waals surface area contributed by atoms with Crippen molar-refractivity contribution in [2.75, 3.05) is 0 Å². The predicted octanol–water partition coefficient (Wildman–Crippen LogP) is 2.86. The molecule has 1 aromatic rings. The van der Waals surface area contributed by atoms with Crippen LogP contribution in [-0.2, 0) is 16.1 Å². The van der Waals surface area contributed by atoms with Crippen LogP contribution in [0.5, 0.6) is 0 Å². The average molecular weight is 277 g/mol. The smallest absolute Gasteiger partial charge is 0.306 e. The summed E-state index contributed by atoms with van der Waals surface area (Å²) in [4.78, 5) is 10.8. The van der Waals surface area contributed by atoms with Gasteiger partial charge in [0, 0.05) is 5.56 Å². The van der Waals surface area contributed by atoms with Gasteiger partial charge < -0.3 is 9.84 Å². The molecule has 1 fully saturated rings. The van der Waals surface area contributed by atoms with E-state index in [1.165, 1.54) is 6.07 Å². The molecule has 106 valence electrons. The predicted molar refractivity (Wildman–Crippen MR) is 69.3 cm³/mol. The van der Waals surface area contributed by atoms with E-state index in [0.717, 1.165) is 0 Å². The van der Waals surface area contributed by atoms with E-state index < -0.39 is 11.8 Å². The lowest BCUT2D eigenvalue weighted by molar-refractivity contribution is -0.143. The van der Waals surface area contributed by atoms with Crippen molar-refractivity contribution >= 4 is 5.97 Å². The first kappa shape index (κ1) is 14.5. The second kappa shape index (κ2) is 6.49. The molecule has 0 unspecified atom stereocenters. The normalized spacial score (nSPS) is 22.2. The SMILES string of the molecule is N#Cc1cccc(COC2CCC(C(=O)O)CC2)c1F. The second-order valence-electron chi connectivity index (χ2n) is 5.01. The van der Waals surface area contributed by atoms with Crippen molar-refractivity contribution in [2.24, 2.45) is 5.92 Å². The molecule has 1 aliphatic rings. The van der Waals surface area contributed by atoms with Gasteiger partial charge in [-0.2, -0.15) is 5.26 Å². The fourth-order valence-electron chi connectivity index (χ4n) is 2.46. The third-order valence-electron chi connectivity index (χ3n) is 3.70. The van der Waals surface area contributed by atoms with Crippen LogP contribution in [0.4, 0.5) is 4.39 Å². The lowest BCUT2D eigenvalue weighted by atomic mass is 9.87. The van der Waals surface area contributed by atoms with Crippen LogP contribution in [-0.4, -0.2) is 17.2 Å². The molecule has 1 N–H and O–H groups in total. The van der Waals surface area contributed by atoms with Gasteiger partial charge in [-0.1, -0.05) is 12.1 Å². The van der Waals surface area contributed by atoms with Gasteiger partial charge in [0.25, 0.3) is 0 Å². The van der Waals surface area contributed by atoms with Crippen molar-refractivity contribution in [2.45, 2.75) is 38.4 Å². The van der Waals surface area contributed by atoms with Gasteiger partial charge in [0.15, 0.2) is 0 Å². The number of nitriles is 1. The highest BCUT2D eigenvalue weighted by molar-refractivity contribution is 5.70. The number of halogens is 1. The number of rotatable bonds is 4. The number of benzene rings is 1. The van der Waals surface area contributed by atoms with Crippen LogP contribution in [0.25, 0.3) is 0 Å². The minimum Gasteiger partial charge on any atom is -0.481 e. The lowest BCUT2D eigenvalue weighted by Gasteiger charge is -2.26. The van der Waals surface area contributed by atoms with E-state index in [2.05, 4.69) is 0 Å². The molecule has 0 aliphatic heterocycles. The van der Waals surface area contributed by atoms with Gasteiger partial charge in [-0.05, 0) is 31.7 Å². The molecule has 0 radical (unpaired) electrons. The maximum absolute atomic E-state index is 13.8. The third-order valence-corrected chi connectivity index (χ3v) is 3.70. The molecule has 0 spiro atoms. The summed E-state index contributed by atoms with van der Waals surface area (Å²) in [5.41, 5.74) is 0.380. The topological polar surface area (TPSA) is 70.3 Å². The summed E-state index contributed by atoms with van der Waals surface area (Å²) < 4.78 is 19.4. The van der Waals surface area contributed by atoms with Gasteiger partial charge >= 0.3 is 5.97 Å². The monoisotopic (exact) mass is 277 g/mol. The molecule has 0 heterocycles. The van der Waals surface area contributed by atoms with Crippen LogP contribution in [0, 0.1) is 23.1 Å². The summed E-state index contributed by atoms with van der Waals surface area (Å²) in [6, 6.07) is 6.45. The molecule has 4 nitrogen and oxygen atoms in total. The maximum Gasteiger partial charge on any atom is 0.306 e. The van der Waals surface area contributed by atoms with Crippen molar-refractivity contribution in [3.05, 3.63) is 35.1 Å². The quantitative estimate of drug-likeness (QED) is 0.918. The van der Waals surface area contributed by atoms with Crippen LogP contribution in [0.1, 0.15) is 36.8 Å². The molecule has 5 heteroatoms. The number of ether oxygens (including phenoxy) is 1. The molecule has 1 aromatic carbocycles.